The molecule has 10 heavy (non-hydrogen) atoms. The largest absolute Gasteiger partial charge is 0.477 e. The van der Waals surface area contributed by atoms with Crippen LogP contribution in [0.2, 0.25) is 0 Å². The molecule has 0 bridgehead atoms. The molecule has 52 valence electrons. The topological polar surface area (TPSA) is 49.7 Å². The van der Waals surface area contributed by atoms with Crippen LogP contribution in [0.5, 0.6) is 0 Å². The number of carbonyl (C=O) groups is 1. The van der Waals surface area contributed by atoms with Gasteiger partial charge < -0.3 is 5.11 Å². The first-order valence-corrected chi connectivity index (χ1v) is 3.53. The van der Waals surface area contributed by atoms with Crippen molar-refractivity contribution in [2.45, 2.75) is 0 Å². The summed E-state index contributed by atoms with van der Waals surface area (Å²) in [6.07, 6.45) is 2.93. The van der Waals surface area contributed by atoms with Gasteiger partial charge in [0.15, 0.2) is 0 Å². The van der Waals surface area contributed by atoms with Gasteiger partial charge in [-0.15, -0.1) is 11.8 Å². The third kappa shape index (κ3) is 1.73. The highest BCUT2D eigenvalue weighted by Crippen LogP contribution is 2.07. The second-order valence-electron chi connectivity index (χ2n) is 1.54. The first kappa shape index (κ1) is 7.08. The molecule has 0 radical (unpaired) electrons. The molecule has 0 saturated carbocycles. The Kier molecular flexibility index (Phi) is 2.28. The number of hydrogen-bond donors (Lipinski definition) is 1. The lowest BCUT2D eigenvalue weighted by Gasteiger charge is -1.86. The number of carboxylic acid groups (broad SMARTS) is 1. The monoisotopic (exact) mass is 155 g/mol. The second-order valence-corrected chi connectivity index (χ2v) is 2.36. The van der Waals surface area contributed by atoms with Crippen LogP contribution in [0, 0.1) is 0 Å². The molecule has 0 atom stereocenters. The van der Waals surface area contributed by atoms with Crippen LogP contribution in [0.15, 0.2) is 28.1 Å². The standard InChI is InChI=1S/C6H5NO2S/c8-6(9)5-1-3-10-4-2-7-5/h1-4H,(H,8,9). The van der Waals surface area contributed by atoms with E-state index in [9.17, 15) is 4.79 Å². The van der Waals surface area contributed by atoms with Gasteiger partial charge in [-0.1, -0.05) is 0 Å². The molecule has 0 unspecified atom stereocenters. The van der Waals surface area contributed by atoms with E-state index >= 15 is 0 Å². The lowest BCUT2D eigenvalue weighted by atomic mass is 10.4. The molecule has 0 amide bonds. The lowest BCUT2D eigenvalue weighted by molar-refractivity contribution is -0.129. The minimum absolute atomic E-state index is 0.0706. The number of hydrogen-bond acceptors (Lipinski definition) is 3. The molecule has 1 aliphatic rings. The van der Waals surface area contributed by atoms with Gasteiger partial charge in [-0.25, -0.2) is 9.79 Å². The number of carboxylic acids is 1. The zero-order valence-corrected chi connectivity index (χ0v) is 5.84. The first-order chi connectivity index (χ1) is 4.80. The molecule has 0 spiro atoms. The maximum absolute atomic E-state index is 10.3. The number of aliphatic imine (C=N–C) groups is 1. The summed E-state index contributed by atoms with van der Waals surface area (Å²) in [5.41, 5.74) is 0.0706. The molecule has 1 N–H and O–H groups in total. The van der Waals surface area contributed by atoms with Crippen molar-refractivity contribution in [1.29, 1.82) is 0 Å². The molecule has 3 nitrogen and oxygen atoms in total. The SMILES string of the molecule is O=C(O)C1=NC=CSC=C1. The molecular weight excluding hydrogens is 150 g/mol. The highest BCUT2D eigenvalue weighted by molar-refractivity contribution is 8.04. The zero-order chi connectivity index (χ0) is 7.40. The number of thioether (sulfide) groups is 1. The summed E-state index contributed by atoms with van der Waals surface area (Å²) in [5.74, 6) is -0.997. The Labute approximate surface area is 62.2 Å². The van der Waals surface area contributed by atoms with Gasteiger partial charge in [-0.2, -0.15) is 0 Å². The first-order valence-electron chi connectivity index (χ1n) is 2.59. The summed E-state index contributed by atoms with van der Waals surface area (Å²) in [4.78, 5) is 13.9. The summed E-state index contributed by atoms with van der Waals surface area (Å²) in [6.45, 7) is 0. The van der Waals surface area contributed by atoms with Gasteiger partial charge >= 0.3 is 5.97 Å². The molecule has 1 rings (SSSR count). The van der Waals surface area contributed by atoms with Crippen LogP contribution in [0.1, 0.15) is 0 Å². The average molecular weight is 155 g/mol. The van der Waals surface area contributed by atoms with E-state index in [1.807, 2.05) is 0 Å². The Morgan fingerprint density at radius 3 is 3.10 bits per heavy atom. The molecule has 0 saturated heterocycles. The van der Waals surface area contributed by atoms with Gasteiger partial charge in [0, 0.05) is 6.20 Å². The second kappa shape index (κ2) is 3.22. The van der Waals surface area contributed by atoms with E-state index in [1.165, 1.54) is 24.0 Å². The van der Waals surface area contributed by atoms with Gasteiger partial charge in [-0.05, 0) is 16.9 Å². The van der Waals surface area contributed by atoms with Crippen molar-refractivity contribution in [2.24, 2.45) is 4.99 Å². The smallest absolute Gasteiger partial charge is 0.354 e. The van der Waals surface area contributed by atoms with E-state index in [0.29, 0.717) is 0 Å². The Morgan fingerprint density at radius 2 is 2.40 bits per heavy atom. The Hall–Kier alpha value is -1.03. The van der Waals surface area contributed by atoms with Crippen molar-refractivity contribution in [1.82, 2.24) is 0 Å². The fraction of sp³-hybridized carbons (Fsp3) is 0. The minimum Gasteiger partial charge on any atom is -0.477 e. The van der Waals surface area contributed by atoms with Crippen molar-refractivity contribution in [3.63, 3.8) is 0 Å². The van der Waals surface area contributed by atoms with E-state index < -0.39 is 5.97 Å². The predicted molar refractivity (Wildman–Crippen MR) is 40.9 cm³/mol. The third-order valence-electron chi connectivity index (χ3n) is 0.877. The van der Waals surface area contributed by atoms with Gasteiger partial charge in [0.25, 0.3) is 0 Å². The maximum atomic E-state index is 10.3. The van der Waals surface area contributed by atoms with Gasteiger partial charge in [0.2, 0.25) is 0 Å². The predicted octanol–water partition coefficient (Wildman–Crippen LogP) is 1.24. The van der Waals surface area contributed by atoms with Crippen molar-refractivity contribution >= 4 is 23.4 Å². The van der Waals surface area contributed by atoms with Gasteiger partial charge in [0.05, 0.1) is 0 Å². The van der Waals surface area contributed by atoms with Crippen LogP contribution in [-0.2, 0) is 4.79 Å². The third-order valence-corrected chi connectivity index (χ3v) is 1.45. The van der Waals surface area contributed by atoms with E-state index in [2.05, 4.69) is 4.99 Å². The van der Waals surface area contributed by atoms with Crippen molar-refractivity contribution in [2.75, 3.05) is 0 Å². The van der Waals surface area contributed by atoms with Crippen LogP contribution in [-0.4, -0.2) is 16.8 Å². The van der Waals surface area contributed by atoms with E-state index in [-0.39, 0.29) is 5.71 Å². The molecule has 1 heterocycles. The minimum atomic E-state index is -0.997. The molecule has 1 aliphatic heterocycles. The molecule has 0 aliphatic carbocycles. The summed E-state index contributed by atoms with van der Waals surface area (Å²) in [6, 6.07) is 0. The quantitative estimate of drug-likeness (QED) is 0.619. The molecule has 0 aromatic heterocycles. The van der Waals surface area contributed by atoms with Crippen molar-refractivity contribution < 1.29 is 9.90 Å². The maximum Gasteiger partial charge on any atom is 0.354 e. The summed E-state index contributed by atoms with van der Waals surface area (Å²) < 4.78 is 0. The number of aliphatic carboxylic acids is 1. The Bertz CT molecular complexity index is 230. The summed E-state index contributed by atoms with van der Waals surface area (Å²) in [5, 5.41) is 11.8. The number of nitrogens with zero attached hydrogens (tertiary/aromatic N) is 1. The summed E-state index contributed by atoms with van der Waals surface area (Å²) >= 11 is 1.40. The van der Waals surface area contributed by atoms with E-state index in [0.717, 1.165) is 0 Å². The van der Waals surface area contributed by atoms with Crippen LogP contribution >= 0.6 is 11.8 Å². The normalized spacial score (nSPS) is 16.2. The highest BCUT2D eigenvalue weighted by Gasteiger charge is 2.03. The Morgan fingerprint density at radius 1 is 1.60 bits per heavy atom. The molecular formula is C6H5NO2S. The molecule has 0 aromatic carbocycles. The van der Waals surface area contributed by atoms with E-state index in [4.69, 9.17) is 5.11 Å². The lowest BCUT2D eigenvalue weighted by Crippen LogP contribution is -2.08. The fourth-order valence-electron chi connectivity index (χ4n) is 0.465. The number of rotatable bonds is 1. The van der Waals surface area contributed by atoms with Gasteiger partial charge in [0.1, 0.15) is 5.71 Å². The van der Waals surface area contributed by atoms with Crippen molar-refractivity contribution in [3.8, 4) is 0 Å². The summed E-state index contributed by atoms with van der Waals surface area (Å²) in [7, 11) is 0. The van der Waals surface area contributed by atoms with Crippen LogP contribution in [0.3, 0.4) is 0 Å². The fourth-order valence-corrected chi connectivity index (χ4v) is 0.894. The van der Waals surface area contributed by atoms with E-state index in [1.54, 1.807) is 10.8 Å². The zero-order valence-electron chi connectivity index (χ0n) is 5.02. The molecule has 0 aromatic rings. The van der Waals surface area contributed by atoms with Crippen molar-refractivity contribution in [3.05, 3.63) is 23.1 Å². The van der Waals surface area contributed by atoms with Crippen LogP contribution in [0.25, 0.3) is 0 Å². The molecule has 4 heteroatoms. The Balaban J connectivity index is 2.83. The highest BCUT2D eigenvalue weighted by atomic mass is 32.2. The average Bonchev–Trinajstić information content (AvgIpc) is 2.12. The molecule has 0 fully saturated rings. The van der Waals surface area contributed by atoms with Crippen LogP contribution in [0.4, 0.5) is 0 Å². The van der Waals surface area contributed by atoms with Gasteiger partial charge in [-0.3, -0.25) is 0 Å². The van der Waals surface area contributed by atoms with Crippen LogP contribution < -0.4 is 0 Å².